The molecule has 0 saturated heterocycles. The number of aromatic nitrogens is 6. The van der Waals surface area contributed by atoms with Crippen molar-refractivity contribution in [2.45, 2.75) is 12.8 Å². The van der Waals surface area contributed by atoms with Gasteiger partial charge in [-0.1, -0.05) is 194 Å². The molecule has 0 bridgehead atoms. The minimum absolute atomic E-state index is 0. The van der Waals surface area contributed by atoms with Crippen LogP contribution >= 0.6 is 0 Å². The number of hydrogen-bond donors (Lipinski definition) is 0. The van der Waals surface area contributed by atoms with Gasteiger partial charge in [0.15, 0.2) is 17.3 Å². The van der Waals surface area contributed by atoms with Crippen molar-refractivity contribution in [2.24, 2.45) is 0 Å². The van der Waals surface area contributed by atoms with Crippen LogP contribution < -0.4 is 24.6 Å². The molecule has 9 nitrogen and oxygen atoms in total. The van der Waals surface area contributed by atoms with Crippen LogP contribution in [0.5, 0.6) is 11.5 Å². The molecular weight excluding hydrogens is 1510 g/mol. The molecule has 450 valence electrons. The van der Waals surface area contributed by atoms with Crippen molar-refractivity contribution >= 4 is 34.4 Å². The fraction of sp³-hybridized carbons (Fsp3) is 0.0244. The first-order valence-corrected chi connectivity index (χ1v) is 29.7. The Morgan fingerprint density at radius 3 is 1.48 bits per heavy atom. The molecule has 11 heteroatoms. The van der Waals surface area contributed by atoms with Crippen LogP contribution in [0.3, 0.4) is 0 Å². The predicted octanol–water partition coefficient (Wildman–Crippen LogP) is 18.9. The number of ether oxygens (including phenoxy) is 1. The predicted molar refractivity (Wildman–Crippen MR) is 363 cm³/mol. The number of benzene rings is 10. The van der Waals surface area contributed by atoms with Gasteiger partial charge in [0.05, 0.1) is 5.69 Å². The number of imidazole rings is 1. The van der Waals surface area contributed by atoms with Gasteiger partial charge >= 0.3 is 44.8 Å². The largest absolute Gasteiger partial charge is 3.00 e. The van der Waals surface area contributed by atoms with Gasteiger partial charge in [-0.3, -0.25) is 11.8 Å². The van der Waals surface area contributed by atoms with Crippen LogP contribution in [0.4, 0.5) is 34.4 Å². The number of rotatable bonds is 8. The molecule has 2 aliphatic heterocycles. The molecule has 6 heterocycles. The summed E-state index contributed by atoms with van der Waals surface area (Å²) >= 11 is 0. The van der Waals surface area contributed by atoms with E-state index in [0.29, 0.717) is 11.6 Å². The van der Waals surface area contributed by atoms with Crippen molar-refractivity contribution < 1.29 is 49.5 Å². The Balaban J connectivity index is 0.000000151. The molecule has 2 aliphatic rings. The van der Waals surface area contributed by atoms with Gasteiger partial charge in [-0.15, -0.1) is 89.7 Å². The molecule has 0 fully saturated rings. The summed E-state index contributed by atoms with van der Waals surface area (Å²) in [5.74, 6) is 8.33. The van der Waals surface area contributed by atoms with Crippen LogP contribution in [0, 0.1) is 36.8 Å². The molecule has 93 heavy (non-hydrogen) atoms. The van der Waals surface area contributed by atoms with Crippen LogP contribution in [-0.2, 0) is 57.6 Å². The molecule has 0 spiro atoms. The Bertz CT molecular complexity index is 4690. The van der Waals surface area contributed by atoms with E-state index in [2.05, 4.69) is 181 Å². The third kappa shape index (κ3) is 14.9. The molecule has 0 N–H and O–H groups in total. The number of nitrogens with zero attached hydrogens (tertiary/aromatic N) is 8. The van der Waals surface area contributed by atoms with Gasteiger partial charge in [0.1, 0.15) is 5.82 Å². The van der Waals surface area contributed by atoms with E-state index in [1.807, 2.05) is 170 Å². The van der Waals surface area contributed by atoms with Gasteiger partial charge < -0.3 is 47.5 Å². The van der Waals surface area contributed by atoms with E-state index in [1.54, 1.807) is 6.20 Å². The molecule has 0 atom stereocenters. The number of fused-ring (bicyclic) bond motifs is 4. The van der Waals surface area contributed by atoms with Gasteiger partial charge in [0.2, 0.25) is 0 Å². The maximum Gasteiger partial charge on any atom is 3.00 e. The summed E-state index contributed by atoms with van der Waals surface area (Å²) in [6.07, 6.45) is 20.8. The van der Waals surface area contributed by atoms with E-state index in [9.17, 15) is 0 Å². The second-order valence-corrected chi connectivity index (χ2v) is 21.1. The summed E-state index contributed by atoms with van der Waals surface area (Å²) in [6, 6.07) is 102. The van der Waals surface area contributed by atoms with E-state index in [-0.39, 0.29) is 44.8 Å². The zero-order chi connectivity index (χ0) is 61.6. The second kappa shape index (κ2) is 30.6. The van der Waals surface area contributed by atoms with Gasteiger partial charge in [-0.2, -0.15) is 11.1 Å². The van der Waals surface area contributed by atoms with E-state index in [0.717, 1.165) is 103 Å². The summed E-state index contributed by atoms with van der Waals surface area (Å²) in [5, 5.41) is 9.02. The van der Waals surface area contributed by atoms with Crippen molar-refractivity contribution in [3.8, 4) is 90.8 Å². The monoisotopic (exact) mass is 1560 g/mol. The topological polar surface area (TPSA) is 95.5 Å². The van der Waals surface area contributed by atoms with Crippen LogP contribution in [0.1, 0.15) is 22.3 Å². The summed E-state index contributed by atoms with van der Waals surface area (Å²) in [4.78, 5) is 23.1. The van der Waals surface area contributed by atoms with Crippen LogP contribution in [0.15, 0.2) is 304 Å². The van der Waals surface area contributed by atoms with Gasteiger partial charge in [-0.25, -0.2) is 15.7 Å². The Morgan fingerprint density at radius 1 is 0.409 bits per heavy atom. The molecule has 0 aliphatic carbocycles. The van der Waals surface area contributed by atoms with E-state index >= 15 is 0 Å². The van der Waals surface area contributed by atoms with Crippen LogP contribution in [0.2, 0.25) is 0 Å². The van der Waals surface area contributed by atoms with E-state index in [4.69, 9.17) is 27.6 Å². The quantitative estimate of drug-likeness (QED) is 0.0837. The normalized spacial score (nSPS) is 11.2. The van der Waals surface area contributed by atoms with Crippen molar-refractivity contribution in [3.63, 3.8) is 0 Å². The number of anilines is 6. The first-order chi connectivity index (χ1) is 45.0. The summed E-state index contributed by atoms with van der Waals surface area (Å²) in [5.41, 5.74) is 19.0. The number of aryl methyl sites for hydroxylation is 2. The molecule has 0 amide bonds. The van der Waals surface area contributed by atoms with Crippen molar-refractivity contribution in [1.82, 2.24) is 30.1 Å². The van der Waals surface area contributed by atoms with Gasteiger partial charge in [0, 0.05) is 23.8 Å². The summed E-state index contributed by atoms with van der Waals surface area (Å²) in [6.45, 7) is 0. The average Bonchev–Trinajstić information content (AvgIpc) is 1.10. The molecule has 0 unspecified atom stereocenters. The molecule has 0 saturated carbocycles. The summed E-state index contributed by atoms with van der Waals surface area (Å²) < 4.78 is 6.09. The third-order valence-electron chi connectivity index (χ3n) is 15.3. The fourth-order valence-electron chi connectivity index (χ4n) is 10.8. The van der Waals surface area contributed by atoms with Crippen LogP contribution in [0.25, 0.3) is 67.4 Å². The minimum atomic E-state index is 0. The van der Waals surface area contributed by atoms with E-state index in [1.165, 1.54) is 33.4 Å². The standard InChI is InChI=1S/C34H24N4.C32H20N4O.2C8H5.2Au/c1-2-8-24(9-3-1)25-15-17-26(18-16-25)31-23-32(37-36-31)29-11-6-13-30(22-29)38-33-14-5-4-10-27(33)19-20-28-12-7-21-35-34(28)38;1-2-8-22(9-3-1)23-15-17-24(18-16-23)27-21-34-31(35-27)25-10-6-11-26(20-25)36-28-12-4-5-13-29(28)37-30-14-7-19-33-32(30)36;2*1-2-8-6-4-3-5-7-8;;/h1-18,21,23H,19-20H2;1-19,21H;2*3-7H;;/q2*-2;2*-1;2*+3. The van der Waals surface area contributed by atoms with Crippen molar-refractivity contribution in [2.75, 3.05) is 9.80 Å². The molecule has 0 radical (unpaired) electrons. The third-order valence-corrected chi connectivity index (χ3v) is 15.3. The first kappa shape index (κ1) is 63.5. The number of hydrogen-bond acceptors (Lipinski definition) is 7. The average molecular weight is 1560 g/mol. The van der Waals surface area contributed by atoms with Gasteiger partial charge in [-0.05, 0) is 111 Å². The number of pyridine rings is 2. The second-order valence-electron chi connectivity index (χ2n) is 21.1. The van der Waals surface area contributed by atoms with Gasteiger partial charge in [0.25, 0.3) is 0 Å². The maximum absolute atomic E-state index is 6.69. The Morgan fingerprint density at radius 2 is 0.871 bits per heavy atom. The van der Waals surface area contributed by atoms with Crippen molar-refractivity contribution in [1.29, 1.82) is 0 Å². The first-order valence-electron chi connectivity index (χ1n) is 29.7. The van der Waals surface area contributed by atoms with Crippen LogP contribution in [-0.4, -0.2) is 20.1 Å². The molecule has 16 rings (SSSR count). The maximum atomic E-state index is 6.69. The fourth-order valence-corrected chi connectivity index (χ4v) is 10.8. The van der Waals surface area contributed by atoms with E-state index < -0.39 is 0 Å². The zero-order valence-corrected chi connectivity index (χ0v) is 54.2. The molecule has 4 aromatic heterocycles. The zero-order valence-electron chi connectivity index (χ0n) is 49.9. The van der Waals surface area contributed by atoms with Crippen molar-refractivity contribution in [3.05, 3.63) is 351 Å². The Kier molecular flexibility index (Phi) is 20.9. The molecule has 10 aromatic carbocycles. The minimum Gasteiger partial charge on any atom is -0.618 e. The molecular formula is C82H54Au2N8O. The molecule has 14 aromatic rings. The Labute approximate surface area is 574 Å². The Hall–Kier alpha value is -11.1. The SMILES string of the molecule is [Au+3].[Au+3].[C-]#Cc1ccccc1.[C-]#Cc1ccccc1.[c-]1c(-c2cc(-c3ccc(-c4ccccc4)cc3)n[n-]2)cccc1N1c2ccccc2CCc2cccnc21.[c-]1c(-c2nc(-c3ccc(-c4ccccc4)cc3)c[n-]2)cccc1N1c2ccccc2Oc2cccnc21. The summed E-state index contributed by atoms with van der Waals surface area (Å²) in [7, 11) is 0. The smallest absolute Gasteiger partial charge is 0.618 e. The number of para-hydroxylation sites is 3.